The maximum absolute atomic E-state index is 13.9. The standard InChI is InChI=1S/C27H26F2N8O/c28-19-1-2-24(23(29)13-19)34-26(38)35-11-5-20(6-12-35)36-16-27(17-36,7-8-30)37-15-18(14-33-37)21-3-9-31-25-22(21)4-10-32-25/h1-4,9-10,13-15,20H,5-7,11-12,16-17H2,(H,31,32)(H,34,38). The quantitative estimate of drug-likeness (QED) is 0.411. The number of aromatic amines is 1. The highest BCUT2D eigenvalue weighted by molar-refractivity contribution is 5.92. The normalized spacial score (nSPS) is 17.8. The van der Waals surface area contributed by atoms with Gasteiger partial charge in [-0.2, -0.15) is 10.4 Å². The average Bonchev–Trinajstić information content (AvgIpc) is 3.58. The van der Waals surface area contributed by atoms with Gasteiger partial charge < -0.3 is 15.2 Å². The number of halogens is 2. The summed E-state index contributed by atoms with van der Waals surface area (Å²) in [6.07, 6.45) is 9.38. The highest BCUT2D eigenvalue weighted by atomic mass is 19.1. The van der Waals surface area contributed by atoms with Gasteiger partial charge in [0.05, 0.1) is 24.4 Å². The van der Waals surface area contributed by atoms with E-state index >= 15 is 0 Å². The number of aromatic nitrogens is 4. The number of hydrogen-bond acceptors (Lipinski definition) is 5. The summed E-state index contributed by atoms with van der Waals surface area (Å²) in [5.74, 6) is -1.49. The van der Waals surface area contributed by atoms with Gasteiger partial charge in [0.25, 0.3) is 0 Å². The third kappa shape index (κ3) is 4.26. The Hall–Kier alpha value is -4.30. The molecule has 0 aliphatic carbocycles. The Morgan fingerprint density at radius 2 is 2.03 bits per heavy atom. The van der Waals surface area contributed by atoms with Gasteiger partial charge in [-0.25, -0.2) is 18.6 Å². The molecule has 2 aliphatic rings. The van der Waals surface area contributed by atoms with Crippen molar-refractivity contribution < 1.29 is 13.6 Å². The molecule has 0 bridgehead atoms. The molecular weight excluding hydrogens is 490 g/mol. The molecule has 0 saturated carbocycles. The third-order valence-electron chi connectivity index (χ3n) is 7.68. The number of carbonyl (C=O) groups is 1. The van der Waals surface area contributed by atoms with Crippen LogP contribution in [0, 0.1) is 23.0 Å². The molecule has 194 valence electrons. The molecule has 2 fully saturated rings. The van der Waals surface area contributed by atoms with Crippen LogP contribution < -0.4 is 5.32 Å². The Kier molecular flexibility index (Phi) is 6.04. The number of likely N-dealkylation sites (tertiary alicyclic amines) is 2. The van der Waals surface area contributed by atoms with Crippen LogP contribution in [0.1, 0.15) is 19.3 Å². The van der Waals surface area contributed by atoms with Crippen molar-refractivity contribution in [3.05, 3.63) is 66.8 Å². The molecule has 38 heavy (non-hydrogen) atoms. The number of nitrogens with one attached hydrogen (secondary N) is 2. The summed E-state index contributed by atoms with van der Waals surface area (Å²) >= 11 is 0. The minimum atomic E-state index is -0.800. The fourth-order valence-electron chi connectivity index (χ4n) is 5.61. The minimum Gasteiger partial charge on any atom is -0.346 e. The van der Waals surface area contributed by atoms with E-state index in [1.165, 1.54) is 6.07 Å². The lowest BCUT2D eigenvalue weighted by Crippen LogP contribution is -2.66. The van der Waals surface area contributed by atoms with E-state index in [-0.39, 0.29) is 11.7 Å². The van der Waals surface area contributed by atoms with E-state index < -0.39 is 23.2 Å². The molecule has 9 nitrogen and oxygen atoms in total. The smallest absolute Gasteiger partial charge is 0.321 e. The van der Waals surface area contributed by atoms with E-state index in [1.54, 1.807) is 11.1 Å². The summed E-state index contributed by atoms with van der Waals surface area (Å²) in [7, 11) is 0. The molecule has 2 saturated heterocycles. The average molecular weight is 517 g/mol. The Bertz CT molecular complexity index is 1530. The lowest BCUT2D eigenvalue weighted by molar-refractivity contribution is -0.0399. The second kappa shape index (κ2) is 9.54. The summed E-state index contributed by atoms with van der Waals surface area (Å²) < 4.78 is 29.0. The second-order valence-electron chi connectivity index (χ2n) is 10.0. The lowest BCUT2D eigenvalue weighted by Gasteiger charge is -2.53. The molecular formula is C27H26F2N8O. The number of urea groups is 1. The Morgan fingerprint density at radius 1 is 1.21 bits per heavy atom. The molecule has 0 radical (unpaired) electrons. The zero-order chi connectivity index (χ0) is 26.3. The Morgan fingerprint density at radius 3 is 2.79 bits per heavy atom. The number of rotatable bonds is 5. The van der Waals surface area contributed by atoms with Crippen LogP contribution in [0.2, 0.25) is 0 Å². The van der Waals surface area contributed by atoms with Crippen molar-refractivity contribution in [2.45, 2.75) is 30.8 Å². The maximum atomic E-state index is 13.9. The number of hydrogen-bond donors (Lipinski definition) is 2. The molecule has 2 amide bonds. The number of pyridine rings is 1. The highest BCUT2D eigenvalue weighted by Gasteiger charge is 2.48. The maximum Gasteiger partial charge on any atom is 0.321 e. The van der Waals surface area contributed by atoms with Crippen molar-refractivity contribution in [2.24, 2.45) is 0 Å². The largest absolute Gasteiger partial charge is 0.346 e. The molecule has 3 aromatic heterocycles. The molecule has 0 spiro atoms. The van der Waals surface area contributed by atoms with Crippen LogP contribution in [0.4, 0.5) is 19.3 Å². The first-order chi connectivity index (χ1) is 18.5. The van der Waals surface area contributed by atoms with Gasteiger partial charge in [-0.3, -0.25) is 9.58 Å². The SMILES string of the molecule is N#CCC1(n2cc(-c3ccnc4[nH]ccc34)cn2)CN(C2CCN(C(=O)Nc3ccc(F)cc3F)CC2)C1. The van der Waals surface area contributed by atoms with Gasteiger partial charge in [0.2, 0.25) is 0 Å². The van der Waals surface area contributed by atoms with Crippen molar-refractivity contribution in [3.63, 3.8) is 0 Å². The number of nitriles is 1. The monoisotopic (exact) mass is 516 g/mol. The molecule has 2 aliphatic heterocycles. The number of anilines is 1. The van der Waals surface area contributed by atoms with E-state index in [4.69, 9.17) is 0 Å². The molecule has 11 heteroatoms. The molecule has 2 N–H and O–H groups in total. The van der Waals surface area contributed by atoms with E-state index in [0.717, 1.165) is 47.1 Å². The molecule has 4 aromatic rings. The Balaban J connectivity index is 1.09. The summed E-state index contributed by atoms with van der Waals surface area (Å²) in [5, 5.41) is 17.8. The van der Waals surface area contributed by atoms with Crippen LogP contribution in [-0.2, 0) is 5.54 Å². The number of benzene rings is 1. The van der Waals surface area contributed by atoms with Crippen molar-refractivity contribution in [2.75, 3.05) is 31.5 Å². The van der Waals surface area contributed by atoms with E-state index in [9.17, 15) is 18.8 Å². The Labute approximate surface area is 217 Å². The van der Waals surface area contributed by atoms with Crippen molar-refractivity contribution in [3.8, 4) is 17.2 Å². The van der Waals surface area contributed by atoms with Crippen LogP contribution in [0.5, 0.6) is 0 Å². The molecule has 6 rings (SSSR count). The minimum absolute atomic E-state index is 0.0369. The van der Waals surface area contributed by atoms with Crippen LogP contribution in [-0.4, -0.2) is 67.8 Å². The highest BCUT2D eigenvalue weighted by Crippen LogP contribution is 2.37. The third-order valence-corrected chi connectivity index (χ3v) is 7.68. The molecule has 5 heterocycles. The van der Waals surface area contributed by atoms with Crippen LogP contribution >= 0.6 is 0 Å². The first-order valence-corrected chi connectivity index (χ1v) is 12.6. The second-order valence-corrected chi connectivity index (χ2v) is 10.0. The van der Waals surface area contributed by atoms with Gasteiger partial charge in [-0.1, -0.05) is 0 Å². The van der Waals surface area contributed by atoms with E-state index in [1.807, 2.05) is 35.4 Å². The fraction of sp³-hybridized carbons (Fsp3) is 0.333. The zero-order valence-corrected chi connectivity index (χ0v) is 20.6. The van der Waals surface area contributed by atoms with Gasteiger partial charge >= 0.3 is 6.03 Å². The zero-order valence-electron chi connectivity index (χ0n) is 20.6. The van der Waals surface area contributed by atoms with Crippen molar-refractivity contribution in [1.29, 1.82) is 5.26 Å². The number of carbonyl (C=O) groups excluding carboxylic acids is 1. The topological polar surface area (TPSA) is 106 Å². The van der Waals surface area contributed by atoms with E-state index in [0.29, 0.717) is 32.6 Å². The summed E-state index contributed by atoms with van der Waals surface area (Å²) in [6.45, 7) is 2.47. The van der Waals surface area contributed by atoms with Gasteiger partial charge in [-0.15, -0.1) is 0 Å². The molecule has 1 aromatic carbocycles. The number of piperidine rings is 1. The molecule has 0 unspecified atom stereocenters. The van der Waals surface area contributed by atoms with Crippen molar-refractivity contribution >= 4 is 22.8 Å². The van der Waals surface area contributed by atoms with Crippen LogP contribution in [0.15, 0.2) is 55.1 Å². The predicted octanol–water partition coefficient (Wildman–Crippen LogP) is 4.33. The van der Waals surface area contributed by atoms with Gasteiger partial charge in [0.1, 0.15) is 22.8 Å². The van der Waals surface area contributed by atoms with Crippen molar-refractivity contribution in [1.82, 2.24) is 29.5 Å². The first kappa shape index (κ1) is 24.1. The summed E-state index contributed by atoms with van der Waals surface area (Å²) in [5.41, 5.74) is 2.40. The lowest BCUT2D eigenvalue weighted by atomic mass is 9.84. The van der Waals surface area contributed by atoms with Crippen LogP contribution in [0.3, 0.4) is 0 Å². The first-order valence-electron chi connectivity index (χ1n) is 12.6. The van der Waals surface area contributed by atoms with E-state index in [2.05, 4.69) is 31.4 Å². The summed E-state index contributed by atoms with van der Waals surface area (Å²) in [6, 6.07) is 9.28. The predicted molar refractivity (Wildman–Crippen MR) is 137 cm³/mol. The summed E-state index contributed by atoms with van der Waals surface area (Å²) in [4.78, 5) is 24.1. The van der Waals surface area contributed by atoms with Gasteiger partial charge in [0.15, 0.2) is 0 Å². The molecule has 0 atom stereocenters. The number of amides is 2. The van der Waals surface area contributed by atoms with Gasteiger partial charge in [0, 0.05) is 67.8 Å². The van der Waals surface area contributed by atoms with Gasteiger partial charge in [-0.05, 0) is 42.7 Å². The number of nitrogens with zero attached hydrogens (tertiary/aromatic N) is 6. The number of fused-ring (bicyclic) bond motifs is 1. The van der Waals surface area contributed by atoms with Crippen LogP contribution in [0.25, 0.3) is 22.2 Å². The number of H-pyrrole nitrogens is 1. The fourth-order valence-corrected chi connectivity index (χ4v) is 5.61.